The van der Waals surface area contributed by atoms with Crippen LogP contribution in [0.5, 0.6) is 0 Å². The minimum atomic E-state index is -0.274. The van der Waals surface area contributed by atoms with Crippen LogP contribution in [-0.2, 0) is 0 Å². The van der Waals surface area contributed by atoms with Gasteiger partial charge in [-0.05, 0) is 81.5 Å². The number of hydrogen-bond acceptors (Lipinski definition) is 7. The number of benzene rings is 2. The first-order chi connectivity index (χ1) is 16.6. The van der Waals surface area contributed by atoms with Crippen LogP contribution in [0.4, 0.5) is 16.0 Å². The Balaban J connectivity index is 1.52. The van der Waals surface area contributed by atoms with Crippen molar-refractivity contribution in [3.05, 3.63) is 77.2 Å². The van der Waals surface area contributed by atoms with Gasteiger partial charge in [-0.25, -0.2) is 19.3 Å². The van der Waals surface area contributed by atoms with Crippen molar-refractivity contribution in [1.82, 2.24) is 19.9 Å². The summed E-state index contributed by atoms with van der Waals surface area (Å²) in [6.45, 7) is 2.10. The highest BCUT2D eigenvalue weighted by Gasteiger charge is 2.25. The van der Waals surface area contributed by atoms with Crippen molar-refractivity contribution in [2.24, 2.45) is 0 Å². The molecule has 0 radical (unpaired) electrons. The smallest absolute Gasteiger partial charge is 0.227 e. The molecule has 0 atom stereocenters. The largest absolute Gasteiger partial charge is 0.324 e. The van der Waals surface area contributed by atoms with Gasteiger partial charge in [-0.2, -0.15) is 5.26 Å². The maximum atomic E-state index is 13.6. The van der Waals surface area contributed by atoms with Gasteiger partial charge >= 0.3 is 0 Å². The van der Waals surface area contributed by atoms with E-state index >= 15 is 0 Å². The molecule has 1 aliphatic rings. The van der Waals surface area contributed by atoms with Gasteiger partial charge in [0.15, 0.2) is 0 Å². The summed E-state index contributed by atoms with van der Waals surface area (Å²) in [5.74, 6) is 0.568. The molecule has 1 fully saturated rings. The molecule has 0 spiro atoms. The molecule has 0 unspecified atom stereocenters. The highest BCUT2D eigenvalue weighted by atomic mass is 32.1. The van der Waals surface area contributed by atoms with Crippen LogP contribution in [-0.4, -0.2) is 40.0 Å². The molecule has 1 saturated heterocycles. The fraction of sp³-hybridized carbons (Fsp3) is 0.231. The van der Waals surface area contributed by atoms with E-state index in [1.165, 1.54) is 12.1 Å². The topological polar surface area (TPSA) is 77.7 Å². The maximum absolute atomic E-state index is 13.6. The number of nitriles is 1. The molecule has 0 saturated carbocycles. The number of halogens is 1. The second-order valence-electron chi connectivity index (χ2n) is 8.40. The second kappa shape index (κ2) is 9.67. The van der Waals surface area contributed by atoms with E-state index < -0.39 is 0 Å². The molecule has 0 aliphatic carbocycles. The molecule has 8 heteroatoms. The molecular weight excluding hydrogens is 447 g/mol. The highest BCUT2D eigenvalue weighted by molar-refractivity contribution is 7.15. The Labute approximate surface area is 201 Å². The van der Waals surface area contributed by atoms with Gasteiger partial charge in [0.1, 0.15) is 5.82 Å². The Kier molecular flexibility index (Phi) is 6.30. The van der Waals surface area contributed by atoms with Gasteiger partial charge in [0, 0.05) is 23.4 Å². The van der Waals surface area contributed by atoms with E-state index in [0.29, 0.717) is 17.4 Å². The normalized spacial score (nSPS) is 14.6. The van der Waals surface area contributed by atoms with Crippen molar-refractivity contribution in [2.45, 2.75) is 18.8 Å². The van der Waals surface area contributed by atoms with Crippen LogP contribution in [0.1, 0.15) is 29.3 Å². The van der Waals surface area contributed by atoms with E-state index in [-0.39, 0.29) is 5.82 Å². The molecule has 0 bridgehead atoms. The van der Waals surface area contributed by atoms with Crippen LogP contribution in [0.3, 0.4) is 0 Å². The van der Waals surface area contributed by atoms with E-state index in [4.69, 9.17) is 15.2 Å². The van der Waals surface area contributed by atoms with E-state index in [1.54, 1.807) is 41.8 Å². The predicted octanol–water partition coefficient (Wildman–Crippen LogP) is 5.83. The lowest BCUT2D eigenvalue weighted by Crippen LogP contribution is -2.29. The Hall–Kier alpha value is -3.67. The van der Waals surface area contributed by atoms with Crippen molar-refractivity contribution in [2.75, 3.05) is 25.5 Å². The van der Waals surface area contributed by atoms with Gasteiger partial charge in [0.25, 0.3) is 0 Å². The molecule has 3 heterocycles. The number of piperidine rings is 1. The summed E-state index contributed by atoms with van der Waals surface area (Å²) in [4.78, 5) is 17.4. The Bertz CT molecular complexity index is 1340. The number of thiazole rings is 1. The van der Waals surface area contributed by atoms with Crippen molar-refractivity contribution >= 4 is 23.0 Å². The Morgan fingerprint density at radius 2 is 1.88 bits per heavy atom. The number of nitrogens with zero attached hydrogens (tertiary/aromatic N) is 5. The van der Waals surface area contributed by atoms with Gasteiger partial charge in [0.2, 0.25) is 5.95 Å². The maximum Gasteiger partial charge on any atom is 0.227 e. The van der Waals surface area contributed by atoms with E-state index in [1.807, 2.05) is 18.2 Å². The Morgan fingerprint density at radius 1 is 1.09 bits per heavy atom. The van der Waals surface area contributed by atoms with Gasteiger partial charge in [-0.15, -0.1) is 11.3 Å². The third kappa shape index (κ3) is 4.81. The zero-order valence-electron chi connectivity index (χ0n) is 18.7. The first-order valence-electron chi connectivity index (χ1n) is 11.1. The van der Waals surface area contributed by atoms with Crippen molar-refractivity contribution in [3.63, 3.8) is 0 Å². The third-order valence-corrected chi connectivity index (χ3v) is 7.21. The lowest BCUT2D eigenvalue weighted by molar-refractivity contribution is 0.255. The number of nitrogens with one attached hydrogen (secondary N) is 1. The summed E-state index contributed by atoms with van der Waals surface area (Å²) in [5.41, 5.74) is 3.73. The van der Waals surface area contributed by atoms with Gasteiger partial charge < -0.3 is 10.2 Å². The molecule has 6 nitrogen and oxygen atoms in total. The summed E-state index contributed by atoms with van der Waals surface area (Å²) in [6.07, 6.45) is 3.85. The Morgan fingerprint density at radius 3 is 2.65 bits per heavy atom. The summed E-state index contributed by atoms with van der Waals surface area (Å²) in [7, 11) is 2.15. The van der Waals surface area contributed by atoms with E-state index in [9.17, 15) is 4.39 Å². The van der Waals surface area contributed by atoms with Crippen LogP contribution in [0.2, 0.25) is 0 Å². The van der Waals surface area contributed by atoms with Crippen LogP contribution in [0.25, 0.3) is 21.8 Å². The summed E-state index contributed by atoms with van der Waals surface area (Å²) in [5, 5.41) is 13.4. The lowest BCUT2D eigenvalue weighted by Gasteiger charge is -2.27. The number of rotatable bonds is 5. The third-order valence-electron chi connectivity index (χ3n) is 5.97. The second-order valence-corrected chi connectivity index (χ2v) is 9.43. The first-order valence-corrected chi connectivity index (χ1v) is 12.0. The minimum absolute atomic E-state index is 0.274. The molecule has 4 aromatic rings. The van der Waals surface area contributed by atoms with Gasteiger partial charge in [-0.1, -0.05) is 6.07 Å². The summed E-state index contributed by atoms with van der Waals surface area (Å²) < 4.78 is 13.6. The van der Waals surface area contributed by atoms with Crippen LogP contribution >= 0.6 is 11.3 Å². The van der Waals surface area contributed by atoms with E-state index in [2.05, 4.69) is 28.3 Å². The average Bonchev–Trinajstić information content (AvgIpc) is 3.31. The molecule has 2 aromatic heterocycles. The van der Waals surface area contributed by atoms with Gasteiger partial charge in [0.05, 0.1) is 32.9 Å². The molecule has 170 valence electrons. The molecule has 1 aliphatic heterocycles. The predicted molar refractivity (Wildman–Crippen MR) is 132 cm³/mol. The number of aromatic nitrogens is 3. The highest BCUT2D eigenvalue weighted by Crippen LogP contribution is 2.41. The quantitative estimate of drug-likeness (QED) is 0.395. The van der Waals surface area contributed by atoms with Gasteiger partial charge in [-0.3, -0.25) is 0 Å². The van der Waals surface area contributed by atoms with E-state index in [0.717, 1.165) is 58.5 Å². The molecular formula is C26H23FN6S. The van der Waals surface area contributed by atoms with Crippen molar-refractivity contribution < 1.29 is 4.39 Å². The van der Waals surface area contributed by atoms with Crippen LogP contribution < -0.4 is 5.32 Å². The average molecular weight is 471 g/mol. The zero-order chi connectivity index (χ0) is 23.5. The SMILES string of the molecule is CN1CCC(c2nc(-c3ccc(F)cc3)c(-c3ccnc(Nc4cccc(C#N)c4)n3)s2)CC1. The van der Waals surface area contributed by atoms with Crippen LogP contribution in [0, 0.1) is 17.1 Å². The lowest BCUT2D eigenvalue weighted by atomic mass is 9.98. The standard InChI is InChI=1S/C26H23FN6S/c1-33-13-10-19(11-14-33)25-32-23(18-5-7-20(27)8-6-18)24(34-25)22-9-12-29-26(31-22)30-21-4-2-3-17(15-21)16-28/h2-9,12,15,19H,10-11,13-14H2,1H3,(H,29,30,31). The summed E-state index contributed by atoms with van der Waals surface area (Å²) >= 11 is 1.66. The molecule has 0 amide bonds. The summed E-state index contributed by atoms with van der Waals surface area (Å²) in [6, 6.07) is 17.6. The molecule has 34 heavy (non-hydrogen) atoms. The number of likely N-dealkylation sites (tertiary alicyclic amines) is 1. The number of hydrogen-bond donors (Lipinski definition) is 1. The first kappa shape index (κ1) is 22.1. The monoisotopic (exact) mass is 470 g/mol. The number of anilines is 2. The fourth-order valence-corrected chi connectivity index (χ4v) is 5.31. The molecule has 2 aromatic carbocycles. The van der Waals surface area contributed by atoms with Crippen LogP contribution in [0.15, 0.2) is 60.8 Å². The van der Waals surface area contributed by atoms with Crippen molar-refractivity contribution in [1.29, 1.82) is 5.26 Å². The fourth-order valence-electron chi connectivity index (χ4n) is 4.08. The van der Waals surface area contributed by atoms with Crippen molar-refractivity contribution in [3.8, 4) is 27.9 Å². The molecule has 1 N–H and O–H groups in total. The molecule has 5 rings (SSSR count). The zero-order valence-corrected chi connectivity index (χ0v) is 19.5. The minimum Gasteiger partial charge on any atom is -0.324 e.